The van der Waals surface area contributed by atoms with Crippen molar-refractivity contribution in [2.24, 2.45) is 0 Å². The monoisotopic (exact) mass is 320 g/mol. The summed E-state index contributed by atoms with van der Waals surface area (Å²) in [6.07, 6.45) is 1.58. The molecule has 0 aliphatic heterocycles. The van der Waals surface area contributed by atoms with Crippen molar-refractivity contribution in [2.75, 3.05) is 0 Å². The lowest BCUT2D eigenvalue weighted by atomic mass is 10.1. The van der Waals surface area contributed by atoms with E-state index in [9.17, 15) is 13.2 Å². The van der Waals surface area contributed by atoms with Crippen LogP contribution in [0.2, 0.25) is 0 Å². The molecule has 0 saturated heterocycles. The third kappa shape index (κ3) is 6.20. The zero-order valence-corrected chi connectivity index (χ0v) is 13.5. The Bertz CT molecular complexity index is 689. The molecule has 0 bridgehead atoms. The Morgan fingerprint density at radius 3 is 2.00 bits per heavy atom. The van der Waals surface area contributed by atoms with Crippen LogP contribution in [0.4, 0.5) is 0 Å². The van der Waals surface area contributed by atoms with Gasteiger partial charge in [0.2, 0.25) is 0 Å². The van der Waals surface area contributed by atoms with Gasteiger partial charge in [0.1, 0.15) is 0 Å². The fraction of sp³-hybridized carbons (Fsp3) is 0.235. The fourth-order valence-corrected chi connectivity index (χ4v) is 2.19. The van der Waals surface area contributed by atoms with Gasteiger partial charge in [-0.25, -0.2) is 0 Å². The van der Waals surface area contributed by atoms with E-state index in [1.165, 1.54) is 12.1 Å². The van der Waals surface area contributed by atoms with Crippen molar-refractivity contribution in [3.63, 3.8) is 0 Å². The quantitative estimate of drug-likeness (QED) is 0.685. The maximum atomic E-state index is 11.2. The molecule has 0 aliphatic rings. The molecule has 1 N–H and O–H groups in total. The lowest BCUT2D eigenvalue weighted by molar-refractivity contribution is 0.0981. The van der Waals surface area contributed by atoms with E-state index in [0.717, 1.165) is 17.5 Å². The average molecular weight is 320 g/mol. The predicted octanol–water partition coefficient (Wildman–Crippen LogP) is 3.91. The van der Waals surface area contributed by atoms with Gasteiger partial charge in [-0.3, -0.25) is 9.35 Å². The van der Waals surface area contributed by atoms with Crippen LogP contribution in [0.5, 0.6) is 0 Å². The van der Waals surface area contributed by atoms with E-state index in [0.29, 0.717) is 6.42 Å². The van der Waals surface area contributed by atoms with Gasteiger partial charge in [0.25, 0.3) is 10.1 Å². The van der Waals surface area contributed by atoms with Crippen LogP contribution in [0, 0.1) is 6.92 Å². The van der Waals surface area contributed by atoms with Crippen LogP contribution in [-0.4, -0.2) is 18.8 Å². The maximum Gasteiger partial charge on any atom is 0.294 e. The van der Waals surface area contributed by atoms with Gasteiger partial charge in [-0.2, -0.15) is 8.42 Å². The molecule has 118 valence electrons. The van der Waals surface area contributed by atoms with E-state index in [1.807, 2.05) is 44.2 Å². The van der Waals surface area contributed by atoms with Crippen LogP contribution in [0.25, 0.3) is 0 Å². The molecule has 0 aliphatic carbocycles. The van der Waals surface area contributed by atoms with Gasteiger partial charge in [0, 0.05) is 12.0 Å². The van der Waals surface area contributed by atoms with Crippen molar-refractivity contribution < 1.29 is 17.8 Å². The third-order valence-corrected chi connectivity index (χ3v) is 3.76. The molecule has 0 radical (unpaired) electrons. The van der Waals surface area contributed by atoms with Crippen molar-refractivity contribution in [3.05, 3.63) is 65.7 Å². The second-order valence-corrected chi connectivity index (χ2v) is 6.25. The minimum Gasteiger partial charge on any atom is -0.294 e. The normalized spacial score (nSPS) is 10.5. The van der Waals surface area contributed by atoms with Crippen LogP contribution in [-0.2, 0) is 10.1 Å². The molecule has 0 atom stereocenters. The third-order valence-electron chi connectivity index (χ3n) is 2.89. The second kappa shape index (κ2) is 8.46. The van der Waals surface area contributed by atoms with Crippen molar-refractivity contribution in [1.82, 2.24) is 0 Å². The van der Waals surface area contributed by atoms with Crippen LogP contribution >= 0.6 is 0 Å². The summed E-state index contributed by atoms with van der Waals surface area (Å²) in [5, 5.41) is 0. The Kier molecular flexibility index (Phi) is 6.95. The Morgan fingerprint density at radius 2 is 1.55 bits per heavy atom. The molecule has 0 saturated carbocycles. The SMILES string of the molecule is CCCC(=O)c1ccccc1.Cc1ccc(S(=O)(=O)O)cc1. The smallest absolute Gasteiger partial charge is 0.294 e. The minimum atomic E-state index is -4.02. The summed E-state index contributed by atoms with van der Waals surface area (Å²) in [4.78, 5) is 11.2. The first-order valence-corrected chi connectivity index (χ1v) is 8.41. The highest BCUT2D eigenvalue weighted by Gasteiger charge is 2.06. The summed E-state index contributed by atoms with van der Waals surface area (Å²) in [7, 11) is -4.02. The Hall–Kier alpha value is -1.98. The number of aryl methyl sites for hydroxylation is 1. The molecule has 5 heteroatoms. The number of hydrogen-bond acceptors (Lipinski definition) is 3. The molecule has 2 aromatic carbocycles. The molecule has 0 spiro atoms. The topological polar surface area (TPSA) is 71.4 Å². The lowest BCUT2D eigenvalue weighted by Crippen LogP contribution is -1.96. The molecule has 0 aromatic heterocycles. The number of ketones is 1. The van der Waals surface area contributed by atoms with Crippen LogP contribution in [0.1, 0.15) is 35.7 Å². The first kappa shape index (κ1) is 18.1. The summed E-state index contributed by atoms with van der Waals surface area (Å²) in [6.45, 7) is 3.86. The van der Waals surface area contributed by atoms with E-state index in [2.05, 4.69) is 0 Å². The summed E-state index contributed by atoms with van der Waals surface area (Å²) in [6, 6.07) is 15.4. The summed E-state index contributed by atoms with van der Waals surface area (Å²) in [5.74, 6) is 0.244. The standard InChI is InChI=1S/C10H12O.C7H8O3S/c1-2-6-10(11)9-7-4-3-5-8-9;1-6-2-4-7(5-3-6)11(8,9)10/h3-5,7-8H,2,6H2,1H3;2-5H,1H3,(H,8,9,10). The van der Waals surface area contributed by atoms with Gasteiger partial charge in [-0.05, 0) is 25.5 Å². The zero-order valence-electron chi connectivity index (χ0n) is 12.7. The summed E-state index contributed by atoms with van der Waals surface area (Å²) < 4.78 is 29.6. The Labute approximate surface area is 131 Å². The molecule has 0 heterocycles. The molecular formula is C17H20O4S. The van der Waals surface area contributed by atoms with Gasteiger partial charge in [-0.1, -0.05) is 55.0 Å². The molecule has 2 aromatic rings. The van der Waals surface area contributed by atoms with Gasteiger partial charge < -0.3 is 0 Å². The van der Waals surface area contributed by atoms with Crippen molar-refractivity contribution in [2.45, 2.75) is 31.6 Å². The average Bonchev–Trinajstić information content (AvgIpc) is 2.48. The van der Waals surface area contributed by atoms with E-state index in [1.54, 1.807) is 12.1 Å². The maximum absolute atomic E-state index is 11.2. The number of carbonyl (C=O) groups is 1. The van der Waals surface area contributed by atoms with Crippen molar-refractivity contribution >= 4 is 15.9 Å². The first-order valence-electron chi connectivity index (χ1n) is 6.97. The number of Topliss-reactive ketones (excluding diaryl/α,β-unsaturated/α-hetero) is 1. The molecule has 4 nitrogen and oxygen atoms in total. The largest absolute Gasteiger partial charge is 0.294 e. The van der Waals surface area contributed by atoms with Crippen molar-refractivity contribution in [1.29, 1.82) is 0 Å². The molecule has 2 rings (SSSR count). The van der Waals surface area contributed by atoms with Crippen LogP contribution in [0.3, 0.4) is 0 Å². The molecular weight excluding hydrogens is 300 g/mol. The number of benzene rings is 2. The second-order valence-electron chi connectivity index (χ2n) is 4.83. The summed E-state index contributed by atoms with van der Waals surface area (Å²) >= 11 is 0. The summed E-state index contributed by atoms with van der Waals surface area (Å²) in [5.41, 5.74) is 1.78. The minimum absolute atomic E-state index is 0.0666. The first-order chi connectivity index (χ1) is 10.3. The van der Waals surface area contributed by atoms with Crippen LogP contribution in [0.15, 0.2) is 59.5 Å². The van der Waals surface area contributed by atoms with E-state index in [4.69, 9.17) is 4.55 Å². The number of hydrogen-bond donors (Lipinski definition) is 1. The number of rotatable bonds is 4. The highest BCUT2D eigenvalue weighted by molar-refractivity contribution is 7.85. The fourth-order valence-electron chi connectivity index (χ4n) is 1.71. The lowest BCUT2D eigenvalue weighted by Gasteiger charge is -1.96. The Morgan fingerprint density at radius 1 is 1.00 bits per heavy atom. The zero-order chi connectivity index (χ0) is 16.6. The highest BCUT2D eigenvalue weighted by Crippen LogP contribution is 2.08. The van der Waals surface area contributed by atoms with Gasteiger partial charge in [0.05, 0.1) is 4.90 Å². The van der Waals surface area contributed by atoms with E-state index in [-0.39, 0.29) is 10.7 Å². The van der Waals surface area contributed by atoms with Gasteiger partial charge in [0.15, 0.2) is 5.78 Å². The molecule has 0 amide bonds. The van der Waals surface area contributed by atoms with Gasteiger partial charge in [-0.15, -0.1) is 0 Å². The van der Waals surface area contributed by atoms with Crippen molar-refractivity contribution in [3.8, 4) is 0 Å². The molecule has 0 unspecified atom stereocenters. The molecule has 0 fully saturated rings. The highest BCUT2D eigenvalue weighted by atomic mass is 32.2. The molecule has 22 heavy (non-hydrogen) atoms. The van der Waals surface area contributed by atoms with Gasteiger partial charge >= 0.3 is 0 Å². The Balaban J connectivity index is 0.000000220. The number of carbonyl (C=O) groups excluding carboxylic acids is 1. The van der Waals surface area contributed by atoms with E-state index >= 15 is 0 Å². The predicted molar refractivity (Wildman–Crippen MR) is 86.7 cm³/mol. The van der Waals surface area contributed by atoms with E-state index < -0.39 is 10.1 Å². The van der Waals surface area contributed by atoms with Crippen LogP contribution < -0.4 is 0 Å².